The molecule has 1 aromatic heterocycles. The van der Waals surface area contributed by atoms with Crippen LogP contribution in [0.5, 0.6) is 11.5 Å². The van der Waals surface area contributed by atoms with E-state index in [2.05, 4.69) is 0 Å². The number of allylic oxidation sites excluding steroid dienone is 1. The molecule has 7 nitrogen and oxygen atoms in total. The summed E-state index contributed by atoms with van der Waals surface area (Å²) in [6, 6.07) is 19.5. The van der Waals surface area contributed by atoms with Gasteiger partial charge in [0.1, 0.15) is 6.61 Å². The molecule has 0 spiro atoms. The largest absolute Gasteiger partial charge is 0.493 e. The van der Waals surface area contributed by atoms with E-state index in [-0.39, 0.29) is 12.2 Å². The molecule has 0 fully saturated rings. The highest BCUT2D eigenvalue weighted by Gasteiger charge is 2.33. The first-order chi connectivity index (χ1) is 19.8. The van der Waals surface area contributed by atoms with E-state index in [1.807, 2.05) is 49.4 Å². The third-order valence-electron chi connectivity index (χ3n) is 6.61. The van der Waals surface area contributed by atoms with E-state index < -0.39 is 12.0 Å². The average Bonchev–Trinajstić information content (AvgIpc) is 3.30. The number of esters is 1. The third kappa shape index (κ3) is 5.81. The number of rotatable bonds is 8. The maximum atomic E-state index is 13.9. The van der Waals surface area contributed by atoms with Crippen molar-refractivity contribution >= 4 is 46.6 Å². The van der Waals surface area contributed by atoms with Crippen molar-refractivity contribution in [1.29, 1.82) is 0 Å². The van der Waals surface area contributed by atoms with Crippen molar-refractivity contribution < 1.29 is 19.0 Å². The predicted molar refractivity (Wildman–Crippen MR) is 161 cm³/mol. The van der Waals surface area contributed by atoms with Crippen LogP contribution in [0.4, 0.5) is 0 Å². The molecule has 0 amide bonds. The van der Waals surface area contributed by atoms with E-state index in [4.69, 9.17) is 42.4 Å². The maximum Gasteiger partial charge on any atom is 0.338 e. The smallest absolute Gasteiger partial charge is 0.338 e. The van der Waals surface area contributed by atoms with Crippen LogP contribution in [-0.2, 0) is 16.1 Å². The number of fused-ring (bicyclic) bond motifs is 1. The molecule has 0 aliphatic carbocycles. The first kappa shape index (κ1) is 28.7. The average molecular weight is 610 g/mol. The number of methoxy groups -OCH3 is 2. The lowest BCUT2D eigenvalue weighted by atomic mass is 9.95. The summed E-state index contributed by atoms with van der Waals surface area (Å²) in [6.45, 7) is 2.19. The molecule has 210 valence electrons. The highest BCUT2D eigenvalue weighted by Crippen LogP contribution is 2.37. The number of nitrogens with zero attached hydrogens (tertiary/aromatic N) is 2. The SMILES string of the molecule is CCC1=C(C(=O)OC)[C@@H](c2ccccc2)n2c(s/c(=C\c3cc(Cl)c(OCc4ccc(Cl)cc4)c(OC)c3)c2=O)=N1. The Morgan fingerprint density at radius 1 is 1.07 bits per heavy atom. The van der Waals surface area contributed by atoms with Crippen molar-refractivity contribution in [3.63, 3.8) is 0 Å². The summed E-state index contributed by atoms with van der Waals surface area (Å²) in [5.41, 5.74) is 3.02. The molecular formula is C31H26Cl2N2O5S. The van der Waals surface area contributed by atoms with Gasteiger partial charge >= 0.3 is 5.97 Å². The van der Waals surface area contributed by atoms with Crippen LogP contribution in [0.2, 0.25) is 10.0 Å². The Hall–Kier alpha value is -3.85. The highest BCUT2D eigenvalue weighted by atomic mass is 35.5. The van der Waals surface area contributed by atoms with Crippen molar-refractivity contribution in [3.05, 3.63) is 124 Å². The van der Waals surface area contributed by atoms with Gasteiger partial charge in [-0.05, 0) is 53.5 Å². The van der Waals surface area contributed by atoms with E-state index in [0.717, 1.165) is 11.1 Å². The molecule has 1 atom stereocenters. The molecule has 5 rings (SSSR count). The van der Waals surface area contributed by atoms with Gasteiger partial charge in [-0.15, -0.1) is 0 Å². The lowest BCUT2D eigenvalue weighted by Crippen LogP contribution is -2.40. The van der Waals surface area contributed by atoms with Gasteiger partial charge in [-0.2, -0.15) is 0 Å². The summed E-state index contributed by atoms with van der Waals surface area (Å²) in [4.78, 5) is 32.0. The summed E-state index contributed by atoms with van der Waals surface area (Å²) >= 11 is 13.8. The van der Waals surface area contributed by atoms with Crippen LogP contribution in [0.3, 0.4) is 0 Å². The number of aromatic nitrogens is 1. The van der Waals surface area contributed by atoms with Crippen LogP contribution in [0, 0.1) is 0 Å². The van der Waals surface area contributed by atoms with Gasteiger partial charge in [-0.25, -0.2) is 9.79 Å². The summed E-state index contributed by atoms with van der Waals surface area (Å²) < 4.78 is 18.6. The summed E-state index contributed by atoms with van der Waals surface area (Å²) in [7, 11) is 2.86. The molecule has 0 saturated heterocycles. The molecule has 41 heavy (non-hydrogen) atoms. The summed E-state index contributed by atoms with van der Waals surface area (Å²) in [6.07, 6.45) is 2.24. The van der Waals surface area contributed by atoms with Gasteiger partial charge in [0.05, 0.1) is 41.1 Å². The molecule has 10 heteroatoms. The first-order valence-electron chi connectivity index (χ1n) is 12.8. The molecule has 4 aromatic rings. The van der Waals surface area contributed by atoms with Crippen LogP contribution in [0.1, 0.15) is 36.1 Å². The normalized spacial score (nSPS) is 14.9. The number of hydrogen-bond acceptors (Lipinski definition) is 7. The minimum Gasteiger partial charge on any atom is -0.493 e. The third-order valence-corrected chi connectivity index (χ3v) is 8.13. The van der Waals surface area contributed by atoms with Gasteiger partial charge in [0.25, 0.3) is 5.56 Å². The van der Waals surface area contributed by atoms with Crippen molar-refractivity contribution in [3.8, 4) is 11.5 Å². The van der Waals surface area contributed by atoms with Gasteiger partial charge in [-0.3, -0.25) is 9.36 Å². The van der Waals surface area contributed by atoms with E-state index in [1.54, 1.807) is 34.9 Å². The zero-order valence-electron chi connectivity index (χ0n) is 22.5. The van der Waals surface area contributed by atoms with Gasteiger partial charge in [0, 0.05) is 5.02 Å². The second kappa shape index (κ2) is 12.3. The molecular weight excluding hydrogens is 583 g/mol. The van der Waals surface area contributed by atoms with Crippen molar-refractivity contribution in [2.24, 2.45) is 4.99 Å². The number of carbonyl (C=O) groups is 1. The molecule has 0 unspecified atom stereocenters. The Morgan fingerprint density at radius 2 is 1.80 bits per heavy atom. The molecule has 1 aliphatic heterocycles. The van der Waals surface area contributed by atoms with Crippen LogP contribution in [0.25, 0.3) is 6.08 Å². The fourth-order valence-corrected chi connectivity index (χ4v) is 6.09. The number of ether oxygens (including phenoxy) is 3. The predicted octanol–water partition coefficient (Wildman–Crippen LogP) is 5.69. The Kier molecular flexibility index (Phi) is 8.63. The topological polar surface area (TPSA) is 79.1 Å². The monoisotopic (exact) mass is 608 g/mol. The Bertz CT molecular complexity index is 1810. The number of benzene rings is 3. The molecule has 1 aliphatic rings. The van der Waals surface area contributed by atoms with E-state index in [1.165, 1.54) is 25.6 Å². The van der Waals surface area contributed by atoms with Crippen molar-refractivity contribution in [2.45, 2.75) is 26.0 Å². The lowest BCUT2D eigenvalue weighted by Gasteiger charge is -2.25. The van der Waals surface area contributed by atoms with Crippen molar-refractivity contribution in [1.82, 2.24) is 4.57 Å². The van der Waals surface area contributed by atoms with Crippen LogP contribution < -0.4 is 24.4 Å². The number of hydrogen-bond donors (Lipinski definition) is 0. The van der Waals surface area contributed by atoms with Gasteiger partial charge in [0.15, 0.2) is 16.3 Å². The first-order valence-corrected chi connectivity index (χ1v) is 14.3. The standard InChI is InChI=1S/C31H26Cl2N2O5S/c1-4-23-26(30(37)39-3)27(20-8-6-5-7-9-20)35-29(36)25(41-31(35)34-23)16-19-14-22(33)28(24(15-19)38-2)40-17-18-10-12-21(32)13-11-18/h5-16,27H,4,17H2,1-3H3/b25-16-/t27-/m1/s1. The van der Waals surface area contributed by atoms with Gasteiger partial charge in [-0.1, -0.05) is 83.9 Å². The molecule has 3 aromatic carbocycles. The Balaban J connectivity index is 1.58. The van der Waals surface area contributed by atoms with Gasteiger partial charge in [0.2, 0.25) is 0 Å². The maximum absolute atomic E-state index is 13.9. The second-order valence-electron chi connectivity index (χ2n) is 9.15. The minimum atomic E-state index is -0.668. The van der Waals surface area contributed by atoms with E-state index >= 15 is 0 Å². The molecule has 0 N–H and O–H groups in total. The number of thiazole rings is 1. The lowest BCUT2D eigenvalue weighted by molar-refractivity contribution is -0.136. The fourth-order valence-electron chi connectivity index (χ4n) is 4.67. The molecule has 2 heterocycles. The van der Waals surface area contributed by atoms with Gasteiger partial charge < -0.3 is 14.2 Å². The number of halogens is 2. The van der Waals surface area contributed by atoms with Crippen LogP contribution in [-0.4, -0.2) is 24.8 Å². The fraction of sp³-hybridized carbons (Fsp3) is 0.194. The summed E-state index contributed by atoms with van der Waals surface area (Å²) in [5, 5.41) is 0.974. The van der Waals surface area contributed by atoms with E-state index in [0.29, 0.717) is 54.1 Å². The minimum absolute atomic E-state index is 0.271. The van der Waals surface area contributed by atoms with Crippen molar-refractivity contribution in [2.75, 3.05) is 14.2 Å². The van der Waals surface area contributed by atoms with E-state index in [9.17, 15) is 9.59 Å². The quantitative estimate of drug-likeness (QED) is 0.240. The summed E-state index contributed by atoms with van der Waals surface area (Å²) in [5.74, 6) is 0.301. The molecule has 0 saturated carbocycles. The number of carbonyl (C=O) groups excluding carboxylic acids is 1. The zero-order valence-corrected chi connectivity index (χ0v) is 24.8. The Labute approximate surface area is 250 Å². The van der Waals surface area contributed by atoms with Crippen LogP contribution >= 0.6 is 34.5 Å². The molecule has 0 radical (unpaired) electrons. The zero-order chi connectivity index (χ0) is 29.1. The van der Waals surface area contributed by atoms with Crippen LogP contribution in [0.15, 0.2) is 87.8 Å². The Morgan fingerprint density at radius 3 is 2.46 bits per heavy atom. The highest BCUT2D eigenvalue weighted by molar-refractivity contribution is 7.07. The molecule has 0 bridgehead atoms. The second-order valence-corrected chi connectivity index (χ2v) is 11.0.